The topological polar surface area (TPSA) is 104 Å². The Morgan fingerprint density at radius 2 is 1.86 bits per heavy atom. The number of halogens is 1. The molecule has 0 unspecified atom stereocenters. The highest BCUT2D eigenvalue weighted by Gasteiger charge is 2.19. The summed E-state index contributed by atoms with van der Waals surface area (Å²) in [5, 5.41) is 19.2. The molecule has 120 valence electrons. The van der Waals surface area contributed by atoms with Gasteiger partial charge in [0.05, 0.1) is 16.6 Å². The highest BCUT2D eigenvalue weighted by Crippen LogP contribution is 2.17. The van der Waals surface area contributed by atoms with Crippen molar-refractivity contribution in [2.24, 2.45) is 0 Å². The second-order valence-corrected chi connectivity index (χ2v) is 4.71. The van der Waals surface area contributed by atoms with Gasteiger partial charge in [-0.15, -0.1) is 0 Å². The van der Waals surface area contributed by atoms with Gasteiger partial charge in [0.25, 0.3) is 11.6 Å². The number of nitrogens with zero attached hydrogens (tertiary/aromatic N) is 3. The summed E-state index contributed by atoms with van der Waals surface area (Å²) >= 11 is 0. The van der Waals surface area contributed by atoms with E-state index in [4.69, 9.17) is 5.11 Å². The average molecular weight is 313 g/mol. The quantitative estimate of drug-likeness (QED) is 0.637. The highest BCUT2D eigenvalue weighted by molar-refractivity contribution is 5.94. The number of rotatable bonds is 6. The summed E-state index contributed by atoms with van der Waals surface area (Å²) < 4.78 is 13.7. The van der Waals surface area contributed by atoms with Gasteiger partial charge in [-0.05, 0) is 12.5 Å². The van der Waals surface area contributed by atoms with Crippen LogP contribution < -0.4 is 0 Å². The maximum Gasteiger partial charge on any atom is 0.407 e. The molecule has 0 aliphatic carbocycles. The zero-order chi connectivity index (χ0) is 16.9. The molecule has 0 aromatic heterocycles. The van der Waals surface area contributed by atoms with Crippen molar-refractivity contribution in [3.05, 3.63) is 39.7 Å². The minimum absolute atomic E-state index is 0.229. The Hall–Kier alpha value is -2.71. The molecule has 1 aromatic carbocycles. The molecule has 0 heterocycles. The second-order valence-electron chi connectivity index (χ2n) is 4.71. The SMILES string of the molecule is CN(CCCN(C)C(=O)c1ccc([N+](=O)[O-])cc1F)C(=O)O. The van der Waals surface area contributed by atoms with E-state index >= 15 is 0 Å². The lowest BCUT2D eigenvalue weighted by Gasteiger charge is -2.19. The van der Waals surface area contributed by atoms with Crippen LogP contribution in [0.3, 0.4) is 0 Å². The van der Waals surface area contributed by atoms with E-state index in [0.717, 1.165) is 17.0 Å². The summed E-state index contributed by atoms with van der Waals surface area (Å²) in [6.07, 6.45) is -0.685. The van der Waals surface area contributed by atoms with E-state index < -0.39 is 28.4 Å². The van der Waals surface area contributed by atoms with Crippen molar-refractivity contribution in [1.82, 2.24) is 9.80 Å². The summed E-state index contributed by atoms with van der Waals surface area (Å²) in [7, 11) is 2.85. The first kappa shape index (κ1) is 17.3. The Bertz CT molecular complexity index is 593. The van der Waals surface area contributed by atoms with Gasteiger partial charge in [-0.2, -0.15) is 0 Å². The number of amides is 2. The Morgan fingerprint density at radius 1 is 1.27 bits per heavy atom. The lowest BCUT2D eigenvalue weighted by Crippen LogP contribution is -2.32. The number of carbonyl (C=O) groups is 2. The maximum atomic E-state index is 13.7. The molecule has 9 heteroatoms. The lowest BCUT2D eigenvalue weighted by atomic mass is 10.1. The van der Waals surface area contributed by atoms with Gasteiger partial charge < -0.3 is 14.9 Å². The molecule has 1 rings (SSSR count). The van der Waals surface area contributed by atoms with Gasteiger partial charge in [-0.3, -0.25) is 14.9 Å². The van der Waals surface area contributed by atoms with Crippen molar-refractivity contribution < 1.29 is 24.0 Å². The molecule has 1 aromatic rings. The van der Waals surface area contributed by atoms with Gasteiger partial charge >= 0.3 is 6.09 Å². The minimum atomic E-state index is -1.07. The normalized spacial score (nSPS) is 10.1. The van der Waals surface area contributed by atoms with Gasteiger partial charge in [0, 0.05) is 33.3 Å². The third-order valence-corrected chi connectivity index (χ3v) is 3.05. The lowest BCUT2D eigenvalue weighted by molar-refractivity contribution is -0.385. The van der Waals surface area contributed by atoms with Crippen LogP contribution in [-0.2, 0) is 0 Å². The summed E-state index contributed by atoms with van der Waals surface area (Å²) in [4.78, 5) is 34.7. The molecule has 0 saturated heterocycles. The summed E-state index contributed by atoms with van der Waals surface area (Å²) in [5.74, 6) is -1.58. The van der Waals surface area contributed by atoms with Crippen LogP contribution in [0.2, 0.25) is 0 Å². The second kappa shape index (κ2) is 7.34. The standard InChI is InChI=1S/C13H16FN3O5/c1-15(6-3-7-16(2)13(19)20)12(18)10-5-4-9(17(21)22)8-11(10)14/h4-5,8H,3,6-7H2,1-2H3,(H,19,20). The Kier molecular flexibility index (Phi) is 5.79. The first-order valence-electron chi connectivity index (χ1n) is 6.37. The Balaban J connectivity index is 2.67. The Labute approximate surface area is 125 Å². The van der Waals surface area contributed by atoms with E-state index in [9.17, 15) is 24.1 Å². The molecular weight excluding hydrogens is 297 g/mol. The Morgan fingerprint density at radius 3 is 2.36 bits per heavy atom. The molecule has 0 aliphatic heterocycles. The predicted molar refractivity (Wildman–Crippen MR) is 75.3 cm³/mol. The molecule has 1 N–H and O–H groups in total. The van der Waals surface area contributed by atoms with Gasteiger partial charge in [0.2, 0.25) is 0 Å². The first-order valence-corrected chi connectivity index (χ1v) is 6.37. The number of benzene rings is 1. The number of hydrogen-bond acceptors (Lipinski definition) is 4. The van der Waals surface area contributed by atoms with Crippen molar-refractivity contribution in [2.45, 2.75) is 6.42 Å². The van der Waals surface area contributed by atoms with E-state index in [1.807, 2.05) is 0 Å². The van der Waals surface area contributed by atoms with E-state index in [2.05, 4.69) is 0 Å². The molecule has 0 atom stereocenters. The van der Waals surface area contributed by atoms with Gasteiger partial charge in [0.15, 0.2) is 0 Å². The van der Waals surface area contributed by atoms with Crippen molar-refractivity contribution in [1.29, 1.82) is 0 Å². The average Bonchev–Trinajstić information content (AvgIpc) is 2.45. The predicted octanol–water partition coefficient (Wildman–Crippen LogP) is 1.81. The van der Waals surface area contributed by atoms with E-state index in [1.165, 1.54) is 19.0 Å². The van der Waals surface area contributed by atoms with Crippen LogP contribution in [0.1, 0.15) is 16.8 Å². The van der Waals surface area contributed by atoms with Crippen LogP contribution in [-0.4, -0.2) is 59.0 Å². The maximum absolute atomic E-state index is 13.7. The van der Waals surface area contributed by atoms with Crippen molar-refractivity contribution in [2.75, 3.05) is 27.2 Å². The van der Waals surface area contributed by atoms with Crippen LogP contribution in [0.15, 0.2) is 18.2 Å². The molecule has 0 bridgehead atoms. The molecule has 8 nitrogen and oxygen atoms in total. The number of hydrogen-bond donors (Lipinski definition) is 1. The zero-order valence-corrected chi connectivity index (χ0v) is 12.2. The third-order valence-electron chi connectivity index (χ3n) is 3.05. The van der Waals surface area contributed by atoms with Gasteiger partial charge in [-0.25, -0.2) is 9.18 Å². The van der Waals surface area contributed by atoms with E-state index in [1.54, 1.807) is 0 Å². The van der Waals surface area contributed by atoms with E-state index in [0.29, 0.717) is 12.5 Å². The molecule has 0 fully saturated rings. The molecule has 0 saturated carbocycles. The number of nitro benzene ring substituents is 1. The summed E-state index contributed by atoms with van der Waals surface area (Å²) in [6.45, 7) is 0.461. The van der Waals surface area contributed by atoms with Crippen molar-refractivity contribution >= 4 is 17.7 Å². The smallest absolute Gasteiger partial charge is 0.407 e. The van der Waals surface area contributed by atoms with Crippen LogP contribution >= 0.6 is 0 Å². The van der Waals surface area contributed by atoms with Crippen LogP contribution in [0.5, 0.6) is 0 Å². The largest absolute Gasteiger partial charge is 0.465 e. The van der Waals surface area contributed by atoms with Gasteiger partial charge in [0.1, 0.15) is 5.82 Å². The number of non-ortho nitro benzene ring substituents is 1. The summed E-state index contributed by atoms with van der Waals surface area (Å²) in [5.41, 5.74) is -0.695. The fourth-order valence-electron chi connectivity index (χ4n) is 1.74. The molecular formula is C13H16FN3O5. The van der Waals surface area contributed by atoms with Crippen LogP contribution in [0.4, 0.5) is 14.9 Å². The van der Waals surface area contributed by atoms with Crippen LogP contribution in [0.25, 0.3) is 0 Å². The van der Waals surface area contributed by atoms with Crippen molar-refractivity contribution in [3.8, 4) is 0 Å². The minimum Gasteiger partial charge on any atom is -0.465 e. The molecule has 22 heavy (non-hydrogen) atoms. The zero-order valence-electron chi connectivity index (χ0n) is 12.2. The fourth-order valence-corrected chi connectivity index (χ4v) is 1.74. The van der Waals surface area contributed by atoms with Crippen LogP contribution in [0, 0.1) is 15.9 Å². The van der Waals surface area contributed by atoms with Crippen molar-refractivity contribution in [3.63, 3.8) is 0 Å². The van der Waals surface area contributed by atoms with E-state index in [-0.39, 0.29) is 18.7 Å². The monoisotopic (exact) mass is 313 g/mol. The number of carboxylic acid groups (broad SMARTS) is 1. The highest BCUT2D eigenvalue weighted by atomic mass is 19.1. The molecule has 2 amide bonds. The molecule has 0 radical (unpaired) electrons. The first-order chi connectivity index (χ1) is 10.2. The third kappa shape index (κ3) is 4.40. The van der Waals surface area contributed by atoms with Gasteiger partial charge in [-0.1, -0.05) is 0 Å². The number of carbonyl (C=O) groups excluding carboxylic acids is 1. The molecule has 0 spiro atoms. The fraction of sp³-hybridized carbons (Fsp3) is 0.385. The molecule has 0 aliphatic rings. The summed E-state index contributed by atoms with van der Waals surface area (Å²) in [6, 6.07) is 2.82. The number of nitro groups is 1.